The second kappa shape index (κ2) is 9.77. The number of nitrogens with one attached hydrogen (secondary N) is 1. The number of carboxylic acid groups (broad SMARTS) is 1. The maximum Gasteiger partial charge on any atom is 0.134 e. The molecule has 0 radical (unpaired) electrons. The van der Waals surface area contributed by atoms with Crippen LogP contribution >= 0.6 is 0 Å². The van der Waals surface area contributed by atoms with E-state index in [1.165, 1.54) is 25.7 Å². The van der Waals surface area contributed by atoms with E-state index >= 15 is 0 Å². The van der Waals surface area contributed by atoms with Gasteiger partial charge in [0.25, 0.3) is 0 Å². The third kappa shape index (κ3) is 9.53. The van der Waals surface area contributed by atoms with E-state index in [0.29, 0.717) is 6.54 Å². The first kappa shape index (κ1) is 14.2. The van der Waals surface area contributed by atoms with Crippen LogP contribution in [-0.4, -0.2) is 37.2 Å². The molecule has 0 atom stereocenters. The van der Waals surface area contributed by atoms with Crippen LogP contribution in [0.1, 0.15) is 39.5 Å². The summed E-state index contributed by atoms with van der Waals surface area (Å²) in [5.74, 6) is 0. The molecule has 0 unspecified atom stereocenters. The van der Waals surface area contributed by atoms with Gasteiger partial charge in [0.05, 0.1) is 0 Å². The number of rotatable bonds is 9. The van der Waals surface area contributed by atoms with Gasteiger partial charge in [-0.1, -0.05) is 26.7 Å². The highest BCUT2D eigenvalue weighted by Gasteiger charge is 2.02. The summed E-state index contributed by atoms with van der Waals surface area (Å²) in [6.45, 7) is 7.70. The molecule has 4 nitrogen and oxygen atoms in total. The zero-order valence-corrected chi connectivity index (χ0v) is 9.92. The summed E-state index contributed by atoms with van der Waals surface area (Å²) in [5, 5.41) is 12.5. The number of hydrogen-bond acceptors (Lipinski definition) is 3. The Morgan fingerprint density at radius 3 is 2.07 bits per heavy atom. The highest BCUT2D eigenvalue weighted by Crippen LogP contribution is 1.98. The van der Waals surface area contributed by atoms with Gasteiger partial charge < -0.3 is 20.1 Å². The lowest BCUT2D eigenvalue weighted by molar-refractivity contribution is -0.250. The van der Waals surface area contributed by atoms with Crippen molar-refractivity contribution in [1.29, 1.82) is 0 Å². The summed E-state index contributed by atoms with van der Waals surface area (Å²) in [5.41, 5.74) is 0. The van der Waals surface area contributed by atoms with E-state index in [-0.39, 0.29) is 0 Å². The van der Waals surface area contributed by atoms with Crippen LogP contribution in [0.4, 0.5) is 4.79 Å². The summed E-state index contributed by atoms with van der Waals surface area (Å²) in [6.07, 6.45) is 3.53. The molecule has 1 amide bonds. The highest BCUT2D eigenvalue weighted by atomic mass is 16.4. The van der Waals surface area contributed by atoms with E-state index in [2.05, 4.69) is 24.1 Å². The average molecular weight is 215 g/mol. The monoisotopic (exact) mass is 215 g/mol. The molecule has 0 aromatic carbocycles. The molecular weight excluding hydrogens is 192 g/mol. The van der Waals surface area contributed by atoms with Crippen molar-refractivity contribution in [3.8, 4) is 0 Å². The van der Waals surface area contributed by atoms with Crippen LogP contribution in [0.2, 0.25) is 0 Å². The lowest BCUT2D eigenvalue weighted by Gasteiger charge is -2.22. The lowest BCUT2D eigenvalue weighted by atomic mass is 10.2. The number of carbonyl (C=O) groups excluding carboxylic acids is 1. The SMILES string of the molecule is CCCCN(CCCC)CCNC(=O)[O-]. The zero-order valence-electron chi connectivity index (χ0n) is 9.92. The zero-order chi connectivity index (χ0) is 11.5. The van der Waals surface area contributed by atoms with Crippen LogP contribution in [0, 0.1) is 0 Å². The van der Waals surface area contributed by atoms with Crippen LogP contribution in [-0.2, 0) is 0 Å². The predicted octanol–water partition coefficient (Wildman–Crippen LogP) is 0.821. The van der Waals surface area contributed by atoms with E-state index in [0.717, 1.165) is 19.6 Å². The molecule has 0 spiro atoms. The molecule has 0 saturated heterocycles. The van der Waals surface area contributed by atoms with Crippen molar-refractivity contribution in [3.05, 3.63) is 0 Å². The molecule has 15 heavy (non-hydrogen) atoms. The quantitative estimate of drug-likeness (QED) is 0.619. The van der Waals surface area contributed by atoms with Gasteiger partial charge in [-0.25, -0.2) is 0 Å². The Labute approximate surface area is 92.7 Å². The molecule has 0 bridgehead atoms. The normalized spacial score (nSPS) is 10.6. The summed E-state index contributed by atoms with van der Waals surface area (Å²) in [4.78, 5) is 12.5. The number of unbranched alkanes of at least 4 members (excludes halogenated alkanes) is 2. The Morgan fingerprint density at radius 1 is 1.13 bits per heavy atom. The van der Waals surface area contributed by atoms with Crippen LogP contribution in [0.5, 0.6) is 0 Å². The van der Waals surface area contributed by atoms with Crippen molar-refractivity contribution in [2.24, 2.45) is 0 Å². The Bertz CT molecular complexity index is 155. The van der Waals surface area contributed by atoms with E-state index in [9.17, 15) is 9.90 Å². The first-order chi connectivity index (χ1) is 7.20. The molecule has 0 heterocycles. The fourth-order valence-corrected chi connectivity index (χ4v) is 1.41. The van der Waals surface area contributed by atoms with Crippen molar-refractivity contribution < 1.29 is 9.90 Å². The average Bonchev–Trinajstić information content (AvgIpc) is 2.20. The minimum absolute atomic E-state index is 0.468. The summed E-state index contributed by atoms with van der Waals surface area (Å²) >= 11 is 0. The van der Waals surface area contributed by atoms with Gasteiger partial charge in [-0.15, -0.1) is 0 Å². The van der Waals surface area contributed by atoms with Crippen molar-refractivity contribution in [3.63, 3.8) is 0 Å². The number of hydrogen-bond donors (Lipinski definition) is 1. The van der Waals surface area contributed by atoms with Gasteiger partial charge in [0, 0.05) is 13.1 Å². The van der Waals surface area contributed by atoms with E-state index in [1.54, 1.807) is 0 Å². The molecule has 0 rings (SSSR count). The van der Waals surface area contributed by atoms with Gasteiger partial charge in [0.1, 0.15) is 6.09 Å². The Hall–Kier alpha value is -0.770. The van der Waals surface area contributed by atoms with Crippen LogP contribution in [0.15, 0.2) is 0 Å². The van der Waals surface area contributed by atoms with Gasteiger partial charge in [-0.2, -0.15) is 0 Å². The minimum atomic E-state index is -1.18. The van der Waals surface area contributed by atoms with Crippen molar-refractivity contribution >= 4 is 6.09 Å². The number of carbonyl (C=O) groups is 1. The highest BCUT2D eigenvalue weighted by molar-refractivity contribution is 5.61. The van der Waals surface area contributed by atoms with Gasteiger partial charge in [-0.3, -0.25) is 0 Å². The van der Waals surface area contributed by atoms with Crippen molar-refractivity contribution in [2.45, 2.75) is 39.5 Å². The summed E-state index contributed by atoms with van der Waals surface area (Å²) < 4.78 is 0. The summed E-state index contributed by atoms with van der Waals surface area (Å²) in [7, 11) is 0. The fraction of sp³-hybridized carbons (Fsp3) is 0.909. The third-order valence-corrected chi connectivity index (χ3v) is 2.35. The topological polar surface area (TPSA) is 55.4 Å². The molecule has 0 aliphatic heterocycles. The predicted molar refractivity (Wildman–Crippen MR) is 59.7 cm³/mol. The molecule has 4 heteroatoms. The van der Waals surface area contributed by atoms with E-state index in [1.807, 2.05) is 0 Å². The molecule has 1 N–H and O–H groups in total. The summed E-state index contributed by atoms with van der Waals surface area (Å²) in [6, 6.07) is 0. The molecular formula is C11H23N2O2-. The maximum atomic E-state index is 10.2. The molecule has 0 aliphatic rings. The standard InChI is InChI=1S/C11H24N2O2/c1-3-5-8-13(9-6-4-2)10-7-12-11(14)15/h12H,3-10H2,1-2H3,(H,14,15)/p-1. The molecule has 0 aliphatic carbocycles. The fourth-order valence-electron chi connectivity index (χ4n) is 1.41. The molecule has 90 valence electrons. The van der Waals surface area contributed by atoms with E-state index < -0.39 is 6.09 Å². The Kier molecular flexibility index (Phi) is 9.27. The van der Waals surface area contributed by atoms with Crippen molar-refractivity contribution in [1.82, 2.24) is 10.2 Å². The van der Waals surface area contributed by atoms with Crippen LogP contribution in [0.25, 0.3) is 0 Å². The number of amides is 1. The first-order valence-corrected chi connectivity index (χ1v) is 5.87. The molecule has 0 saturated carbocycles. The second-order valence-electron chi connectivity index (χ2n) is 3.76. The smallest absolute Gasteiger partial charge is 0.134 e. The van der Waals surface area contributed by atoms with Gasteiger partial charge >= 0.3 is 0 Å². The number of nitrogens with zero attached hydrogens (tertiary/aromatic N) is 1. The van der Waals surface area contributed by atoms with Gasteiger partial charge in [-0.05, 0) is 25.9 Å². The first-order valence-electron chi connectivity index (χ1n) is 5.87. The molecule has 0 aromatic heterocycles. The Morgan fingerprint density at radius 2 is 1.67 bits per heavy atom. The third-order valence-electron chi connectivity index (χ3n) is 2.35. The van der Waals surface area contributed by atoms with Crippen LogP contribution in [0.3, 0.4) is 0 Å². The maximum absolute atomic E-state index is 10.2. The van der Waals surface area contributed by atoms with Crippen LogP contribution < -0.4 is 10.4 Å². The largest absolute Gasteiger partial charge is 0.530 e. The Balaban J connectivity index is 3.63. The minimum Gasteiger partial charge on any atom is -0.530 e. The van der Waals surface area contributed by atoms with Crippen molar-refractivity contribution in [2.75, 3.05) is 26.2 Å². The van der Waals surface area contributed by atoms with Gasteiger partial charge in [0.15, 0.2) is 0 Å². The molecule has 0 aromatic rings. The second-order valence-corrected chi connectivity index (χ2v) is 3.76. The lowest BCUT2D eigenvalue weighted by Crippen LogP contribution is -2.41. The van der Waals surface area contributed by atoms with E-state index in [4.69, 9.17) is 0 Å². The van der Waals surface area contributed by atoms with Gasteiger partial charge in [0.2, 0.25) is 0 Å². The molecule has 0 fully saturated rings.